The Morgan fingerprint density at radius 1 is 1.60 bits per heavy atom. The molecule has 0 saturated heterocycles. The molecule has 0 aliphatic heterocycles. The van der Waals surface area contributed by atoms with Crippen LogP contribution in [0.4, 0.5) is 0 Å². The van der Waals surface area contributed by atoms with Gasteiger partial charge in [0, 0.05) is 6.20 Å². The molecule has 1 aromatic rings. The van der Waals surface area contributed by atoms with Crippen molar-refractivity contribution in [3.05, 3.63) is 29.0 Å². The van der Waals surface area contributed by atoms with Gasteiger partial charge in [0.15, 0.2) is 0 Å². The Kier molecular flexibility index (Phi) is 2.98. The van der Waals surface area contributed by atoms with E-state index < -0.39 is 5.60 Å². The van der Waals surface area contributed by atoms with Gasteiger partial charge in [0.25, 0.3) is 0 Å². The van der Waals surface area contributed by atoms with Gasteiger partial charge in [0.05, 0.1) is 5.60 Å². The smallest absolute Gasteiger partial charge is 0.129 e. The number of halogens is 1. The fraction of sp³-hybridized carbons (Fsp3) is 0.583. The molecule has 1 saturated carbocycles. The molecule has 3 heteroatoms. The Hall–Kier alpha value is -0.600. The second kappa shape index (κ2) is 4.11. The fourth-order valence-electron chi connectivity index (χ4n) is 2.48. The summed E-state index contributed by atoms with van der Waals surface area (Å²) < 4.78 is 0. The molecule has 2 nitrogen and oxygen atoms in total. The highest BCUT2D eigenvalue weighted by molar-refractivity contribution is 6.29. The summed E-state index contributed by atoms with van der Waals surface area (Å²) in [6, 6.07) is 3.64. The van der Waals surface area contributed by atoms with Crippen LogP contribution in [0.15, 0.2) is 18.3 Å². The highest BCUT2D eigenvalue weighted by Gasteiger charge is 2.34. The summed E-state index contributed by atoms with van der Waals surface area (Å²) in [6.45, 7) is 2.19. The zero-order valence-electron chi connectivity index (χ0n) is 8.91. The molecule has 15 heavy (non-hydrogen) atoms. The SMILES string of the molecule is CC1CCCC(O)(c2ccnc(Cl)c2)C1. The van der Waals surface area contributed by atoms with Gasteiger partial charge in [-0.25, -0.2) is 4.98 Å². The highest BCUT2D eigenvalue weighted by atomic mass is 35.5. The van der Waals surface area contributed by atoms with E-state index in [1.165, 1.54) is 6.42 Å². The predicted molar refractivity (Wildman–Crippen MR) is 60.8 cm³/mol. The third-order valence-electron chi connectivity index (χ3n) is 3.24. The zero-order chi connectivity index (χ0) is 10.9. The van der Waals surface area contributed by atoms with Gasteiger partial charge in [-0.05, 0) is 42.9 Å². The van der Waals surface area contributed by atoms with E-state index in [9.17, 15) is 5.11 Å². The van der Waals surface area contributed by atoms with E-state index in [-0.39, 0.29) is 0 Å². The van der Waals surface area contributed by atoms with Gasteiger partial charge in [-0.2, -0.15) is 0 Å². The van der Waals surface area contributed by atoms with Crippen molar-refractivity contribution in [1.82, 2.24) is 4.98 Å². The largest absolute Gasteiger partial charge is 0.385 e. The quantitative estimate of drug-likeness (QED) is 0.745. The zero-order valence-corrected chi connectivity index (χ0v) is 9.67. The molecule has 1 N–H and O–H groups in total. The lowest BCUT2D eigenvalue weighted by Crippen LogP contribution is -2.31. The lowest BCUT2D eigenvalue weighted by atomic mass is 9.75. The molecule has 1 aromatic heterocycles. The van der Waals surface area contributed by atoms with Gasteiger partial charge < -0.3 is 5.11 Å². The van der Waals surface area contributed by atoms with Gasteiger partial charge in [-0.1, -0.05) is 24.9 Å². The first kappa shape index (κ1) is 10.9. The molecule has 2 atom stereocenters. The maximum absolute atomic E-state index is 10.6. The minimum atomic E-state index is -0.690. The van der Waals surface area contributed by atoms with Crippen LogP contribution in [0.25, 0.3) is 0 Å². The summed E-state index contributed by atoms with van der Waals surface area (Å²) in [7, 11) is 0. The number of rotatable bonds is 1. The second-order valence-corrected chi connectivity index (χ2v) is 4.99. The Morgan fingerprint density at radius 3 is 3.07 bits per heavy atom. The molecule has 82 valence electrons. The van der Waals surface area contributed by atoms with Crippen LogP contribution in [0, 0.1) is 5.92 Å². The minimum absolute atomic E-state index is 0.458. The Labute approximate surface area is 95.3 Å². The van der Waals surface area contributed by atoms with Gasteiger partial charge >= 0.3 is 0 Å². The molecule has 1 aliphatic carbocycles. The number of aromatic nitrogens is 1. The second-order valence-electron chi connectivity index (χ2n) is 4.60. The van der Waals surface area contributed by atoms with Crippen molar-refractivity contribution >= 4 is 11.6 Å². The molecule has 1 fully saturated rings. The molecule has 0 spiro atoms. The molecule has 0 radical (unpaired) electrons. The predicted octanol–water partition coefficient (Wildman–Crippen LogP) is 3.13. The maximum atomic E-state index is 10.6. The summed E-state index contributed by atoms with van der Waals surface area (Å²) in [5, 5.41) is 11.0. The van der Waals surface area contributed by atoms with Crippen molar-refractivity contribution in [2.45, 2.75) is 38.2 Å². The number of hydrogen-bond donors (Lipinski definition) is 1. The lowest BCUT2D eigenvalue weighted by molar-refractivity contribution is -0.0179. The normalized spacial score (nSPS) is 31.5. The van der Waals surface area contributed by atoms with Crippen molar-refractivity contribution in [1.29, 1.82) is 0 Å². The first-order valence-electron chi connectivity index (χ1n) is 5.44. The van der Waals surface area contributed by atoms with E-state index in [1.54, 1.807) is 12.3 Å². The number of pyridine rings is 1. The molecule has 0 bridgehead atoms. The topological polar surface area (TPSA) is 33.1 Å². The van der Waals surface area contributed by atoms with Gasteiger partial charge in [-0.3, -0.25) is 0 Å². The van der Waals surface area contributed by atoms with Gasteiger partial charge in [0.1, 0.15) is 5.15 Å². The van der Waals surface area contributed by atoms with Crippen molar-refractivity contribution in [3.8, 4) is 0 Å². The van der Waals surface area contributed by atoms with Crippen LogP contribution in [0.1, 0.15) is 38.2 Å². The molecule has 0 aromatic carbocycles. The van der Waals surface area contributed by atoms with Gasteiger partial charge in [-0.15, -0.1) is 0 Å². The van der Waals surface area contributed by atoms with E-state index in [2.05, 4.69) is 11.9 Å². The molecule has 1 aliphatic rings. The Morgan fingerprint density at radius 2 is 2.40 bits per heavy atom. The van der Waals surface area contributed by atoms with Crippen molar-refractivity contribution < 1.29 is 5.11 Å². The first-order valence-corrected chi connectivity index (χ1v) is 5.82. The number of nitrogens with zero attached hydrogens (tertiary/aromatic N) is 1. The molecule has 0 amide bonds. The average Bonchev–Trinajstić information content (AvgIpc) is 2.17. The van der Waals surface area contributed by atoms with Crippen LogP contribution in [0.5, 0.6) is 0 Å². The van der Waals surface area contributed by atoms with Crippen LogP contribution in [0.2, 0.25) is 5.15 Å². The van der Waals surface area contributed by atoms with Crippen LogP contribution >= 0.6 is 11.6 Å². The summed E-state index contributed by atoms with van der Waals surface area (Å²) in [5.41, 5.74) is 0.221. The van der Waals surface area contributed by atoms with Crippen LogP contribution in [-0.4, -0.2) is 10.1 Å². The molecular formula is C12H16ClNO. The highest BCUT2D eigenvalue weighted by Crippen LogP contribution is 2.39. The van der Waals surface area contributed by atoms with Crippen LogP contribution in [0.3, 0.4) is 0 Å². The minimum Gasteiger partial charge on any atom is -0.385 e. The Balaban J connectivity index is 2.28. The van der Waals surface area contributed by atoms with E-state index in [0.29, 0.717) is 11.1 Å². The van der Waals surface area contributed by atoms with E-state index in [0.717, 1.165) is 24.8 Å². The van der Waals surface area contributed by atoms with E-state index >= 15 is 0 Å². The summed E-state index contributed by atoms with van der Waals surface area (Å²) >= 11 is 5.84. The van der Waals surface area contributed by atoms with Crippen LogP contribution < -0.4 is 0 Å². The van der Waals surface area contributed by atoms with Crippen molar-refractivity contribution in [3.63, 3.8) is 0 Å². The number of hydrogen-bond acceptors (Lipinski definition) is 2. The summed E-state index contributed by atoms with van der Waals surface area (Å²) in [6.07, 6.45) is 5.61. The molecule has 2 unspecified atom stereocenters. The maximum Gasteiger partial charge on any atom is 0.129 e. The van der Waals surface area contributed by atoms with Crippen LogP contribution in [-0.2, 0) is 5.60 Å². The molecule has 2 rings (SSSR count). The van der Waals surface area contributed by atoms with Gasteiger partial charge in [0.2, 0.25) is 0 Å². The summed E-state index contributed by atoms with van der Waals surface area (Å²) in [5.74, 6) is 0.579. The fourth-order valence-corrected chi connectivity index (χ4v) is 2.65. The standard InChI is InChI=1S/C12H16ClNO/c1-9-3-2-5-12(15,8-9)10-4-6-14-11(13)7-10/h4,6-7,9,15H,2-3,5,8H2,1H3. The monoisotopic (exact) mass is 225 g/mol. The average molecular weight is 226 g/mol. The van der Waals surface area contributed by atoms with E-state index in [4.69, 9.17) is 11.6 Å². The molecular weight excluding hydrogens is 210 g/mol. The Bertz CT molecular complexity index is 355. The molecule has 1 heterocycles. The van der Waals surface area contributed by atoms with Crippen molar-refractivity contribution in [2.24, 2.45) is 5.92 Å². The van der Waals surface area contributed by atoms with Crippen molar-refractivity contribution in [2.75, 3.05) is 0 Å². The summed E-state index contributed by atoms with van der Waals surface area (Å²) in [4.78, 5) is 3.94. The van der Waals surface area contributed by atoms with E-state index in [1.807, 2.05) is 6.07 Å². The third-order valence-corrected chi connectivity index (χ3v) is 3.44. The number of aliphatic hydroxyl groups is 1. The lowest BCUT2D eigenvalue weighted by Gasteiger charge is -2.35. The third kappa shape index (κ3) is 2.32. The first-order chi connectivity index (χ1) is 7.10.